The number of nitrogens with one attached hydrogen (secondary N) is 4. The first kappa shape index (κ1) is 21.0. The molecule has 5 rings (SSSR count). The number of alkyl halides is 3. The van der Waals surface area contributed by atoms with E-state index in [4.69, 9.17) is 0 Å². The largest absolute Gasteiger partial charge is 0.453 e. The monoisotopic (exact) mass is 510 g/mol. The summed E-state index contributed by atoms with van der Waals surface area (Å²) in [6, 6.07) is 3.36. The van der Waals surface area contributed by atoms with Gasteiger partial charge in [-0.2, -0.15) is 13.2 Å². The molecule has 1 amide bonds. The molecule has 2 aliphatic rings. The van der Waals surface area contributed by atoms with Gasteiger partial charge in [0.2, 0.25) is 5.95 Å². The number of hydrogen-bond acceptors (Lipinski definition) is 6. The quantitative estimate of drug-likeness (QED) is 0.419. The molecular weight excluding hydrogens is 493 g/mol. The van der Waals surface area contributed by atoms with E-state index >= 15 is 0 Å². The molecule has 2 fully saturated rings. The molecule has 4 N–H and O–H groups in total. The normalized spacial score (nSPS) is 22.0. The predicted octanol–water partition coefficient (Wildman–Crippen LogP) is 4.21. The van der Waals surface area contributed by atoms with Gasteiger partial charge in [0, 0.05) is 42.5 Å². The summed E-state index contributed by atoms with van der Waals surface area (Å²) in [6.07, 6.45) is -3.00. The molecule has 8 nitrogen and oxygen atoms in total. The molecule has 0 bridgehead atoms. The SMILES string of the molecule is COC(=O)Nc1ccc2c(-c3nc(NC4[C@H]5CNC[C@@H]45)ncc3C(F)(F)F)c[nH]c2c1Br. The minimum absolute atomic E-state index is 0.171. The van der Waals surface area contributed by atoms with Crippen LogP contribution in [-0.2, 0) is 10.9 Å². The maximum Gasteiger partial charge on any atom is 0.419 e. The van der Waals surface area contributed by atoms with Crippen LogP contribution in [0.3, 0.4) is 0 Å². The Morgan fingerprint density at radius 3 is 2.72 bits per heavy atom. The summed E-state index contributed by atoms with van der Waals surface area (Å²) in [5.41, 5.74) is 0.0617. The second-order valence-electron chi connectivity index (χ2n) is 7.78. The number of methoxy groups -OCH3 is 1. The topological polar surface area (TPSA) is 104 Å². The molecule has 32 heavy (non-hydrogen) atoms. The number of hydrogen-bond donors (Lipinski definition) is 4. The van der Waals surface area contributed by atoms with Crippen LogP contribution in [0.4, 0.5) is 29.6 Å². The van der Waals surface area contributed by atoms with E-state index in [1.165, 1.54) is 13.3 Å². The number of H-pyrrole nitrogens is 1. The summed E-state index contributed by atoms with van der Waals surface area (Å²) >= 11 is 3.39. The molecule has 3 atom stereocenters. The van der Waals surface area contributed by atoms with Crippen molar-refractivity contribution < 1.29 is 22.7 Å². The zero-order valence-corrected chi connectivity index (χ0v) is 18.3. The number of halogens is 4. The van der Waals surface area contributed by atoms with Gasteiger partial charge >= 0.3 is 12.3 Å². The number of aromatic nitrogens is 3. The number of piperidine rings is 1. The second-order valence-corrected chi connectivity index (χ2v) is 8.57. The molecule has 168 valence electrons. The lowest BCUT2D eigenvalue weighted by Crippen LogP contribution is -2.22. The Morgan fingerprint density at radius 2 is 2.03 bits per heavy atom. The Hall–Kier alpha value is -2.86. The van der Waals surface area contributed by atoms with Crippen LogP contribution in [0.1, 0.15) is 5.56 Å². The molecule has 0 spiro atoms. The van der Waals surface area contributed by atoms with Gasteiger partial charge in [-0.1, -0.05) is 6.07 Å². The third kappa shape index (κ3) is 3.56. The van der Waals surface area contributed by atoms with Gasteiger partial charge in [-0.3, -0.25) is 5.32 Å². The number of carbonyl (C=O) groups excluding carboxylic acids is 1. The molecule has 1 aliphatic heterocycles. The van der Waals surface area contributed by atoms with Crippen molar-refractivity contribution in [1.29, 1.82) is 0 Å². The molecule has 3 aromatic rings. The molecular formula is C20H18BrF3N6O2. The third-order valence-electron chi connectivity index (χ3n) is 5.95. The number of amides is 1. The summed E-state index contributed by atoms with van der Waals surface area (Å²) in [6.45, 7) is 1.77. The fourth-order valence-electron chi connectivity index (χ4n) is 4.26. The van der Waals surface area contributed by atoms with Crippen molar-refractivity contribution in [2.24, 2.45) is 11.8 Å². The van der Waals surface area contributed by atoms with Gasteiger partial charge in [0.15, 0.2) is 0 Å². The van der Waals surface area contributed by atoms with Crippen molar-refractivity contribution in [2.45, 2.75) is 12.2 Å². The zero-order chi connectivity index (χ0) is 22.6. The molecule has 1 aliphatic carbocycles. The van der Waals surface area contributed by atoms with E-state index in [0.717, 1.165) is 19.3 Å². The lowest BCUT2D eigenvalue weighted by molar-refractivity contribution is -0.137. The highest BCUT2D eigenvalue weighted by atomic mass is 79.9. The molecule has 1 aromatic carbocycles. The first-order valence-electron chi connectivity index (χ1n) is 9.84. The average Bonchev–Trinajstić information content (AvgIpc) is 3.14. The van der Waals surface area contributed by atoms with Crippen molar-refractivity contribution >= 4 is 44.6 Å². The minimum Gasteiger partial charge on any atom is -0.453 e. The molecule has 1 unspecified atom stereocenters. The van der Waals surface area contributed by atoms with Crippen molar-refractivity contribution in [3.8, 4) is 11.3 Å². The Balaban J connectivity index is 1.55. The van der Waals surface area contributed by atoms with Crippen LogP contribution in [0.5, 0.6) is 0 Å². The van der Waals surface area contributed by atoms with E-state index in [9.17, 15) is 18.0 Å². The number of rotatable bonds is 4. The number of benzene rings is 1. The van der Waals surface area contributed by atoms with Gasteiger partial charge in [0.05, 0.1) is 28.5 Å². The van der Waals surface area contributed by atoms with Crippen molar-refractivity contribution in [3.63, 3.8) is 0 Å². The molecule has 2 aromatic heterocycles. The van der Waals surface area contributed by atoms with Crippen molar-refractivity contribution in [2.75, 3.05) is 30.8 Å². The van der Waals surface area contributed by atoms with Crippen LogP contribution < -0.4 is 16.0 Å². The minimum atomic E-state index is -4.62. The molecule has 12 heteroatoms. The smallest absolute Gasteiger partial charge is 0.419 e. The fraction of sp³-hybridized carbons (Fsp3) is 0.350. The van der Waals surface area contributed by atoms with Crippen LogP contribution in [0.15, 0.2) is 29.0 Å². The van der Waals surface area contributed by atoms with E-state index in [1.807, 2.05) is 0 Å². The van der Waals surface area contributed by atoms with Crippen LogP contribution in [0, 0.1) is 11.8 Å². The van der Waals surface area contributed by atoms with E-state index < -0.39 is 17.8 Å². The molecule has 0 radical (unpaired) electrons. The van der Waals surface area contributed by atoms with Crippen LogP contribution in [-0.4, -0.2) is 47.3 Å². The van der Waals surface area contributed by atoms with Crippen LogP contribution in [0.25, 0.3) is 22.2 Å². The summed E-state index contributed by atoms with van der Waals surface area (Å²) in [7, 11) is 1.24. The maximum absolute atomic E-state index is 13.8. The summed E-state index contributed by atoms with van der Waals surface area (Å²) in [5.74, 6) is 1.08. The lowest BCUT2D eigenvalue weighted by atomic mass is 10.1. The second kappa shape index (κ2) is 7.62. The maximum atomic E-state index is 13.8. The first-order chi connectivity index (χ1) is 15.3. The van der Waals surface area contributed by atoms with Gasteiger partial charge in [0.1, 0.15) is 5.56 Å². The van der Waals surface area contributed by atoms with E-state index in [1.54, 1.807) is 12.1 Å². The van der Waals surface area contributed by atoms with E-state index in [2.05, 4.69) is 51.6 Å². The number of carbonyl (C=O) groups is 1. The Kier molecular flexibility index (Phi) is 5.01. The van der Waals surface area contributed by atoms with Gasteiger partial charge in [-0.05, 0) is 33.8 Å². The fourth-order valence-corrected chi connectivity index (χ4v) is 4.82. The standard InChI is InChI=1S/C20H18BrF3N6O2/c1-32-19(31)28-13-3-2-8-11(6-26-17(8)14(13)21)16-12(20(22,23)24)7-27-18(30-16)29-15-9-4-25-5-10(9)15/h2-3,6-7,9-10,15,25-26H,4-5H2,1H3,(H,28,31)(H,27,29,30)/t9-,10+,15?. The summed E-state index contributed by atoms with van der Waals surface area (Å²) in [5, 5.41) is 9.51. The number of nitrogens with zero attached hydrogens (tertiary/aromatic N) is 2. The highest BCUT2D eigenvalue weighted by molar-refractivity contribution is 9.10. The van der Waals surface area contributed by atoms with Gasteiger partial charge in [-0.25, -0.2) is 14.8 Å². The summed E-state index contributed by atoms with van der Waals surface area (Å²) in [4.78, 5) is 22.7. The van der Waals surface area contributed by atoms with E-state index in [0.29, 0.717) is 32.9 Å². The van der Waals surface area contributed by atoms with Crippen LogP contribution >= 0.6 is 15.9 Å². The Morgan fingerprint density at radius 1 is 1.28 bits per heavy atom. The summed E-state index contributed by atoms with van der Waals surface area (Å²) < 4.78 is 46.4. The number of ether oxygens (including phenoxy) is 1. The zero-order valence-electron chi connectivity index (χ0n) is 16.7. The predicted molar refractivity (Wildman–Crippen MR) is 115 cm³/mol. The van der Waals surface area contributed by atoms with Gasteiger partial charge in [-0.15, -0.1) is 0 Å². The van der Waals surface area contributed by atoms with Crippen LogP contribution in [0.2, 0.25) is 0 Å². The van der Waals surface area contributed by atoms with E-state index in [-0.39, 0.29) is 23.2 Å². The Labute approximate surface area is 188 Å². The highest BCUT2D eigenvalue weighted by Crippen LogP contribution is 2.44. The van der Waals surface area contributed by atoms with Gasteiger partial charge in [0.25, 0.3) is 0 Å². The van der Waals surface area contributed by atoms with Crippen molar-refractivity contribution in [3.05, 3.63) is 34.6 Å². The highest BCUT2D eigenvalue weighted by Gasteiger charge is 2.53. The number of aromatic amines is 1. The lowest BCUT2D eigenvalue weighted by Gasteiger charge is -2.14. The van der Waals surface area contributed by atoms with Gasteiger partial charge < -0.3 is 20.4 Å². The third-order valence-corrected chi connectivity index (χ3v) is 6.78. The number of fused-ring (bicyclic) bond motifs is 2. The molecule has 1 saturated carbocycles. The number of anilines is 2. The molecule has 1 saturated heterocycles. The van der Waals surface area contributed by atoms with Crippen molar-refractivity contribution in [1.82, 2.24) is 20.3 Å². The average molecular weight is 511 g/mol. The molecule has 3 heterocycles. The Bertz CT molecular complexity index is 1200. The first-order valence-corrected chi connectivity index (χ1v) is 10.6.